The van der Waals surface area contributed by atoms with E-state index in [4.69, 9.17) is 0 Å². The molecule has 98 valence electrons. The van der Waals surface area contributed by atoms with Crippen LogP contribution in [0.15, 0.2) is 30.3 Å². The van der Waals surface area contributed by atoms with E-state index in [2.05, 4.69) is 61.3 Å². The highest BCUT2D eigenvalue weighted by Crippen LogP contribution is 2.49. The zero-order chi connectivity index (χ0) is 12.8. The lowest BCUT2D eigenvalue weighted by Crippen LogP contribution is -2.52. The second-order valence-corrected chi connectivity index (χ2v) is 6.63. The van der Waals surface area contributed by atoms with Crippen LogP contribution in [0.25, 0.3) is 0 Å². The summed E-state index contributed by atoms with van der Waals surface area (Å²) >= 11 is 0. The summed E-state index contributed by atoms with van der Waals surface area (Å²) in [4.78, 5) is 2.72. The number of benzene rings is 1. The molecule has 2 fully saturated rings. The maximum absolute atomic E-state index is 3.68. The molecule has 3 rings (SSSR count). The van der Waals surface area contributed by atoms with Gasteiger partial charge in [0.1, 0.15) is 0 Å². The van der Waals surface area contributed by atoms with Gasteiger partial charge in [-0.3, -0.25) is 4.90 Å². The molecule has 3 atom stereocenters. The minimum absolute atomic E-state index is 0.499. The van der Waals surface area contributed by atoms with E-state index in [1.54, 1.807) is 0 Å². The summed E-state index contributed by atoms with van der Waals surface area (Å²) in [6, 6.07) is 12.8. The van der Waals surface area contributed by atoms with E-state index in [0.29, 0.717) is 17.5 Å². The summed E-state index contributed by atoms with van der Waals surface area (Å²) in [6.07, 6.45) is 1.36. The van der Waals surface area contributed by atoms with Crippen LogP contribution in [0, 0.1) is 5.41 Å². The zero-order valence-electron chi connectivity index (χ0n) is 11.7. The van der Waals surface area contributed by atoms with Crippen molar-refractivity contribution in [1.29, 1.82) is 0 Å². The summed E-state index contributed by atoms with van der Waals surface area (Å²) < 4.78 is 0. The van der Waals surface area contributed by atoms with Crippen molar-refractivity contribution in [2.45, 2.75) is 45.3 Å². The Labute approximate surface area is 110 Å². The van der Waals surface area contributed by atoms with Crippen LogP contribution in [0.2, 0.25) is 0 Å². The van der Waals surface area contributed by atoms with E-state index in [9.17, 15) is 0 Å². The Balaban J connectivity index is 1.73. The van der Waals surface area contributed by atoms with Gasteiger partial charge in [0.15, 0.2) is 0 Å². The van der Waals surface area contributed by atoms with Crippen molar-refractivity contribution in [2.24, 2.45) is 5.41 Å². The molecular formula is C16H24N2. The van der Waals surface area contributed by atoms with E-state index in [-0.39, 0.29) is 0 Å². The molecule has 3 unspecified atom stereocenters. The second kappa shape index (κ2) is 4.36. The Bertz CT molecular complexity index is 412. The molecule has 0 spiro atoms. The number of rotatable bonds is 2. The molecule has 1 heterocycles. The molecule has 1 saturated carbocycles. The Morgan fingerprint density at radius 3 is 2.50 bits per heavy atom. The fraction of sp³-hybridized carbons (Fsp3) is 0.625. The quantitative estimate of drug-likeness (QED) is 0.860. The molecule has 0 radical (unpaired) electrons. The van der Waals surface area contributed by atoms with Crippen LogP contribution in [0.3, 0.4) is 0 Å². The van der Waals surface area contributed by atoms with Crippen molar-refractivity contribution < 1.29 is 0 Å². The van der Waals surface area contributed by atoms with Crippen molar-refractivity contribution in [3.05, 3.63) is 35.9 Å². The van der Waals surface area contributed by atoms with Gasteiger partial charge < -0.3 is 5.32 Å². The molecular weight excluding hydrogens is 220 g/mol. The highest BCUT2D eigenvalue weighted by molar-refractivity contribution is 5.21. The molecule has 1 aliphatic carbocycles. The summed E-state index contributed by atoms with van der Waals surface area (Å²) in [6.45, 7) is 9.39. The number of piperazine rings is 1. The molecule has 2 aliphatic rings. The molecule has 0 bridgehead atoms. The van der Waals surface area contributed by atoms with Gasteiger partial charge in [0, 0.05) is 31.2 Å². The summed E-state index contributed by atoms with van der Waals surface area (Å²) in [5.41, 5.74) is 1.96. The lowest BCUT2D eigenvalue weighted by Gasteiger charge is -2.40. The molecule has 1 aromatic rings. The first-order valence-corrected chi connectivity index (χ1v) is 7.12. The zero-order valence-corrected chi connectivity index (χ0v) is 11.7. The van der Waals surface area contributed by atoms with Crippen LogP contribution in [-0.2, 0) is 0 Å². The normalized spacial score (nSPS) is 35.4. The fourth-order valence-electron chi connectivity index (χ4n) is 3.23. The Morgan fingerprint density at radius 2 is 1.89 bits per heavy atom. The van der Waals surface area contributed by atoms with E-state index >= 15 is 0 Å². The predicted molar refractivity (Wildman–Crippen MR) is 75.5 cm³/mol. The predicted octanol–water partition coefficient (Wildman–Crippen LogP) is 2.82. The molecule has 1 N–H and O–H groups in total. The van der Waals surface area contributed by atoms with Crippen LogP contribution in [-0.4, -0.2) is 30.1 Å². The molecule has 1 saturated heterocycles. The van der Waals surface area contributed by atoms with Gasteiger partial charge in [0.2, 0.25) is 0 Å². The lowest BCUT2D eigenvalue weighted by molar-refractivity contribution is 0.118. The summed E-state index contributed by atoms with van der Waals surface area (Å²) in [5.74, 6) is 0. The summed E-state index contributed by atoms with van der Waals surface area (Å²) in [7, 11) is 0. The van der Waals surface area contributed by atoms with Crippen molar-refractivity contribution in [3.8, 4) is 0 Å². The highest BCUT2D eigenvalue weighted by Gasteiger charge is 2.51. The van der Waals surface area contributed by atoms with Crippen LogP contribution in [0.4, 0.5) is 0 Å². The second-order valence-electron chi connectivity index (χ2n) is 6.63. The topological polar surface area (TPSA) is 15.3 Å². The van der Waals surface area contributed by atoms with Crippen molar-refractivity contribution in [2.75, 3.05) is 13.1 Å². The summed E-state index contributed by atoms with van der Waals surface area (Å²) in [5, 5.41) is 3.68. The van der Waals surface area contributed by atoms with E-state index in [1.807, 2.05) is 0 Å². The third-order valence-electron chi connectivity index (χ3n) is 4.68. The van der Waals surface area contributed by atoms with Gasteiger partial charge in [-0.1, -0.05) is 44.2 Å². The van der Waals surface area contributed by atoms with Gasteiger partial charge in [-0.15, -0.1) is 0 Å². The van der Waals surface area contributed by atoms with Gasteiger partial charge in [0.05, 0.1) is 0 Å². The first-order valence-electron chi connectivity index (χ1n) is 7.12. The van der Waals surface area contributed by atoms with Crippen LogP contribution < -0.4 is 5.32 Å². The van der Waals surface area contributed by atoms with Gasteiger partial charge in [-0.2, -0.15) is 0 Å². The van der Waals surface area contributed by atoms with Gasteiger partial charge in [0.25, 0.3) is 0 Å². The van der Waals surface area contributed by atoms with Crippen molar-refractivity contribution in [1.82, 2.24) is 10.2 Å². The Kier molecular flexibility index (Phi) is 2.95. The first-order chi connectivity index (χ1) is 8.58. The number of hydrogen-bond donors (Lipinski definition) is 1. The van der Waals surface area contributed by atoms with Crippen molar-refractivity contribution in [3.63, 3.8) is 0 Å². The SMILES string of the molecule is CC1CNC(c2ccccc2)CN1C1CC1(C)C. The van der Waals surface area contributed by atoms with Gasteiger partial charge in [-0.05, 0) is 24.3 Å². The fourth-order valence-corrected chi connectivity index (χ4v) is 3.23. The van der Waals surface area contributed by atoms with Gasteiger partial charge >= 0.3 is 0 Å². The minimum atomic E-state index is 0.499. The Hall–Kier alpha value is -0.860. The number of nitrogens with one attached hydrogen (secondary N) is 1. The van der Waals surface area contributed by atoms with E-state index in [1.165, 1.54) is 12.0 Å². The first kappa shape index (κ1) is 12.2. The molecule has 1 aromatic carbocycles. The number of nitrogens with zero attached hydrogens (tertiary/aromatic N) is 1. The monoisotopic (exact) mass is 244 g/mol. The number of hydrogen-bond acceptors (Lipinski definition) is 2. The van der Waals surface area contributed by atoms with Crippen LogP contribution in [0.1, 0.15) is 38.8 Å². The third-order valence-corrected chi connectivity index (χ3v) is 4.68. The van der Waals surface area contributed by atoms with Crippen LogP contribution in [0.5, 0.6) is 0 Å². The molecule has 1 aliphatic heterocycles. The average Bonchev–Trinajstić information content (AvgIpc) is 3.00. The molecule has 2 heteroatoms. The smallest absolute Gasteiger partial charge is 0.0450 e. The van der Waals surface area contributed by atoms with E-state index in [0.717, 1.165) is 19.1 Å². The van der Waals surface area contributed by atoms with Gasteiger partial charge in [-0.25, -0.2) is 0 Å². The Morgan fingerprint density at radius 1 is 1.22 bits per heavy atom. The van der Waals surface area contributed by atoms with E-state index < -0.39 is 0 Å². The molecule has 0 aromatic heterocycles. The standard InChI is InChI=1S/C16H24N2/c1-12-10-17-14(13-7-5-4-6-8-13)11-18(12)15-9-16(15,2)3/h4-8,12,14-15,17H,9-11H2,1-3H3. The highest BCUT2D eigenvalue weighted by atomic mass is 15.3. The minimum Gasteiger partial charge on any atom is -0.307 e. The average molecular weight is 244 g/mol. The molecule has 2 nitrogen and oxygen atoms in total. The van der Waals surface area contributed by atoms with Crippen molar-refractivity contribution >= 4 is 0 Å². The molecule has 18 heavy (non-hydrogen) atoms. The largest absolute Gasteiger partial charge is 0.307 e. The maximum Gasteiger partial charge on any atom is 0.0450 e. The third kappa shape index (κ3) is 2.19. The molecule has 0 amide bonds. The van der Waals surface area contributed by atoms with Crippen LogP contribution >= 0.6 is 0 Å². The maximum atomic E-state index is 3.68. The lowest BCUT2D eigenvalue weighted by atomic mass is 10.0.